The maximum atomic E-state index is 5.55. The van der Waals surface area contributed by atoms with Gasteiger partial charge in [0.15, 0.2) is 6.29 Å². The van der Waals surface area contributed by atoms with Crippen LogP contribution in [0.5, 0.6) is 0 Å². The molecule has 0 aromatic rings. The van der Waals surface area contributed by atoms with Crippen molar-refractivity contribution in [2.75, 3.05) is 32.8 Å². The molecule has 4 heteroatoms. The first kappa shape index (κ1) is 14.3. The van der Waals surface area contributed by atoms with E-state index in [0.29, 0.717) is 19.3 Å². The van der Waals surface area contributed by atoms with E-state index >= 15 is 0 Å². The van der Waals surface area contributed by atoms with Gasteiger partial charge in [-0.3, -0.25) is 0 Å². The number of likely N-dealkylation sites (tertiary alicyclic amines) is 1. The first-order valence-corrected chi connectivity index (χ1v) is 7.54. The molecule has 1 saturated heterocycles. The van der Waals surface area contributed by atoms with Crippen molar-refractivity contribution < 1.29 is 9.47 Å². The Morgan fingerprint density at radius 3 is 2.17 bits per heavy atom. The van der Waals surface area contributed by atoms with Crippen LogP contribution in [0.2, 0.25) is 0 Å². The monoisotopic (exact) mass is 256 g/mol. The van der Waals surface area contributed by atoms with Gasteiger partial charge in [0.25, 0.3) is 0 Å². The van der Waals surface area contributed by atoms with Crippen molar-refractivity contribution >= 4 is 0 Å². The van der Waals surface area contributed by atoms with Crippen LogP contribution in [0.25, 0.3) is 0 Å². The highest BCUT2D eigenvalue weighted by atomic mass is 16.7. The van der Waals surface area contributed by atoms with Crippen molar-refractivity contribution in [3.8, 4) is 0 Å². The lowest BCUT2D eigenvalue weighted by Crippen LogP contribution is -2.46. The molecule has 0 spiro atoms. The molecule has 1 aliphatic heterocycles. The predicted octanol–water partition coefficient (Wildman–Crippen LogP) is 1.60. The fourth-order valence-electron chi connectivity index (χ4n) is 2.71. The number of nitrogens with one attached hydrogen (secondary N) is 1. The lowest BCUT2D eigenvalue weighted by molar-refractivity contribution is -0.134. The van der Waals surface area contributed by atoms with Crippen LogP contribution in [0.4, 0.5) is 0 Å². The van der Waals surface area contributed by atoms with Gasteiger partial charge in [0.2, 0.25) is 0 Å². The largest absolute Gasteiger partial charge is 0.352 e. The van der Waals surface area contributed by atoms with E-state index in [1.54, 1.807) is 0 Å². The van der Waals surface area contributed by atoms with Crippen molar-refractivity contribution in [2.24, 2.45) is 0 Å². The average molecular weight is 256 g/mol. The second kappa shape index (κ2) is 7.43. The second-order valence-corrected chi connectivity index (χ2v) is 5.29. The van der Waals surface area contributed by atoms with Crippen molar-refractivity contribution in [1.29, 1.82) is 0 Å². The van der Waals surface area contributed by atoms with Crippen LogP contribution in [-0.4, -0.2) is 56.1 Å². The zero-order chi connectivity index (χ0) is 12.8. The molecule has 4 nitrogen and oxygen atoms in total. The molecule has 0 bridgehead atoms. The Morgan fingerprint density at radius 2 is 1.67 bits per heavy atom. The Bertz CT molecular complexity index is 220. The standard InChI is InChI=1S/C14H28N2O2/c1-3-17-14(18-4-2)11-15-12-7-9-16(10-8-12)13-5-6-13/h12-15H,3-11H2,1-2H3. The fourth-order valence-corrected chi connectivity index (χ4v) is 2.71. The van der Waals surface area contributed by atoms with Crippen LogP contribution in [0.3, 0.4) is 0 Å². The van der Waals surface area contributed by atoms with Crippen LogP contribution in [-0.2, 0) is 9.47 Å². The van der Waals surface area contributed by atoms with Crippen LogP contribution in [0, 0.1) is 0 Å². The summed E-state index contributed by atoms with van der Waals surface area (Å²) in [6.45, 7) is 8.79. The van der Waals surface area contributed by atoms with E-state index in [4.69, 9.17) is 9.47 Å². The Morgan fingerprint density at radius 1 is 1.06 bits per heavy atom. The third-order valence-electron chi connectivity index (χ3n) is 3.87. The molecule has 1 heterocycles. The average Bonchev–Trinajstić information content (AvgIpc) is 3.21. The van der Waals surface area contributed by atoms with Gasteiger partial charge in [0, 0.05) is 31.8 Å². The molecule has 0 amide bonds. The zero-order valence-electron chi connectivity index (χ0n) is 11.9. The summed E-state index contributed by atoms with van der Waals surface area (Å²) >= 11 is 0. The van der Waals surface area contributed by atoms with E-state index in [9.17, 15) is 0 Å². The maximum Gasteiger partial charge on any atom is 0.169 e. The normalized spacial score (nSPS) is 22.8. The Kier molecular flexibility index (Phi) is 5.89. The van der Waals surface area contributed by atoms with Crippen molar-refractivity contribution in [1.82, 2.24) is 10.2 Å². The number of piperidine rings is 1. The summed E-state index contributed by atoms with van der Waals surface area (Å²) < 4.78 is 11.1. The van der Waals surface area contributed by atoms with Crippen molar-refractivity contribution in [3.63, 3.8) is 0 Å². The van der Waals surface area contributed by atoms with Gasteiger partial charge in [-0.15, -0.1) is 0 Å². The molecule has 2 rings (SSSR count). The van der Waals surface area contributed by atoms with Gasteiger partial charge in [-0.1, -0.05) is 0 Å². The molecule has 0 unspecified atom stereocenters. The lowest BCUT2D eigenvalue weighted by atomic mass is 10.1. The molecule has 0 aromatic heterocycles. The third-order valence-corrected chi connectivity index (χ3v) is 3.87. The van der Waals surface area contributed by atoms with Crippen LogP contribution >= 0.6 is 0 Å². The molecular formula is C14H28N2O2. The molecule has 1 N–H and O–H groups in total. The van der Waals surface area contributed by atoms with E-state index < -0.39 is 0 Å². The summed E-state index contributed by atoms with van der Waals surface area (Å²) in [4.78, 5) is 2.65. The van der Waals surface area contributed by atoms with E-state index in [1.807, 2.05) is 13.8 Å². The van der Waals surface area contributed by atoms with Crippen molar-refractivity contribution in [2.45, 2.75) is 57.9 Å². The Balaban J connectivity index is 1.60. The van der Waals surface area contributed by atoms with Gasteiger partial charge in [-0.05, 0) is 52.6 Å². The van der Waals surface area contributed by atoms with Gasteiger partial charge in [-0.2, -0.15) is 0 Å². The summed E-state index contributed by atoms with van der Waals surface area (Å²) in [6, 6.07) is 1.56. The lowest BCUT2D eigenvalue weighted by Gasteiger charge is -2.33. The minimum atomic E-state index is -0.0820. The first-order valence-electron chi connectivity index (χ1n) is 7.54. The number of nitrogens with zero attached hydrogens (tertiary/aromatic N) is 1. The fraction of sp³-hybridized carbons (Fsp3) is 1.00. The number of hydrogen-bond donors (Lipinski definition) is 1. The highest BCUT2D eigenvalue weighted by Crippen LogP contribution is 2.29. The van der Waals surface area contributed by atoms with E-state index in [0.717, 1.165) is 12.6 Å². The summed E-state index contributed by atoms with van der Waals surface area (Å²) in [5.41, 5.74) is 0. The van der Waals surface area contributed by atoms with Gasteiger partial charge in [0.05, 0.1) is 0 Å². The summed E-state index contributed by atoms with van der Waals surface area (Å²) in [5, 5.41) is 3.59. The van der Waals surface area contributed by atoms with E-state index in [1.165, 1.54) is 38.8 Å². The van der Waals surface area contributed by atoms with Gasteiger partial charge in [0.1, 0.15) is 0 Å². The van der Waals surface area contributed by atoms with E-state index in [-0.39, 0.29) is 6.29 Å². The van der Waals surface area contributed by atoms with Gasteiger partial charge in [-0.25, -0.2) is 0 Å². The second-order valence-electron chi connectivity index (χ2n) is 5.29. The number of hydrogen-bond acceptors (Lipinski definition) is 4. The minimum absolute atomic E-state index is 0.0820. The summed E-state index contributed by atoms with van der Waals surface area (Å²) in [7, 11) is 0. The van der Waals surface area contributed by atoms with Crippen LogP contribution in [0.1, 0.15) is 39.5 Å². The van der Waals surface area contributed by atoms with Gasteiger partial charge >= 0.3 is 0 Å². The molecule has 0 atom stereocenters. The van der Waals surface area contributed by atoms with Gasteiger partial charge < -0.3 is 19.7 Å². The van der Waals surface area contributed by atoms with E-state index in [2.05, 4.69) is 10.2 Å². The number of ether oxygens (including phenoxy) is 2. The quantitative estimate of drug-likeness (QED) is 0.669. The molecule has 2 fully saturated rings. The first-order chi connectivity index (χ1) is 8.83. The Hall–Kier alpha value is -0.160. The Labute approximate surface area is 111 Å². The molecule has 0 radical (unpaired) electrons. The highest BCUT2D eigenvalue weighted by Gasteiger charge is 2.31. The molecule has 0 aromatic carbocycles. The molecular weight excluding hydrogens is 228 g/mol. The van der Waals surface area contributed by atoms with Crippen LogP contribution < -0.4 is 5.32 Å². The van der Waals surface area contributed by atoms with Crippen molar-refractivity contribution in [3.05, 3.63) is 0 Å². The zero-order valence-corrected chi connectivity index (χ0v) is 11.9. The molecule has 106 valence electrons. The topological polar surface area (TPSA) is 33.7 Å². The molecule has 2 aliphatic rings. The third kappa shape index (κ3) is 4.50. The summed E-state index contributed by atoms with van der Waals surface area (Å²) in [5.74, 6) is 0. The predicted molar refractivity (Wildman–Crippen MR) is 72.7 cm³/mol. The number of rotatable bonds is 8. The molecule has 1 saturated carbocycles. The maximum absolute atomic E-state index is 5.55. The summed E-state index contributed by atoms with van der Waals surface area (Å²) in [6.07, 6.45) is 5.30. The highest BCUT2D eigenvalue weighted by molar-refractivity contribution is 4.88. The molecule has 1 aliphatic carbocycles. The van der Waals surface area contributed by atoms with Crippen LogP contribution in [0.15, 0.2) is 0 Å². The minimum Gasteiger partial charge on any atom is -0.352 e. The SMILES string of the molecule is CCOC(CNC1CCN(C2CC2)CC1)OCC. The smallest absolute Gasteiger partial charge is 0.169 e. The molecule has 18 heavy (non-hydrogen) atoms.